The van der Waals surface area contributed by atoms with E-state index in [0.29, 0.717) is 31.4 Å². The first-order chi connectivity index (χ1) is 21.3. The lowest BCUT2D eigenvalue weighted by Gasteiger charge is -2.31. The highest BCUT2D eigenvalue weighted by atomic mass is 79.9. The van der Waals surface area contributed by atoms with Crippen LogP contribution in [0, 0.1) is 11.7 Å². The zero-order valence-electron chi connectivity index (χ0n) is 22.6. The zero-order chi connectivity index (χ0) is 30.5. The number of rotatable bonds is 6. The molecule has 2 aliphatic rings. The van der Waals surface area contributed by atoms with Gasteiger partial charge in [0, 0.05) is 31.9 Å². The van der Waals surface area contributed by atoms with E-state index in [2.05, 4.69) is 26.2 Å². The van der Waals surface area contributed by atoms with Crippen LogP contribution in [0.5, 0.6) is 5.75 Å². The number of aromatic nitrogens is 1. The lowest BCUT2D eigenvalue weighted by Crippen LogP contribution is -2.32. The summed E-state index contributed by atoms with van der Waals surface area (Å²) in [7, 11) is 0. The molecule has 0 saturated carbocycles. The van der Waals surface area contributed by atoms with Crippen LogP contribution in [0.4, 0.5) is 15.8 Å². The molecule has 7 rings (SSSR count). The maximum Gasteiger partial charge on any atom is 0.305 e. The standard InChI is InChI=1S/C32H21BrFN3O5S2/c33-17-8-13-23(42-15-24(38)35-22-7-3-5-16-4-1-2-6-20(16)22)21(14-17)25-26-28(43-29-27(25)44-32(41)36-29)31(40)37(30(26)39)19-11-9-18(34)10-12-19/h1-14,25-26,28H,15H2,(H,35,38)(H,36,41)/t25-,26-,28+/m0/s1. The van der Waals surface area contributed by atoms with Crippen LogP contribution in [0.3, 0.4) is 0 Å². The van der Waals surface area contributed by atoms with Crippen LogP contribution >= 0.6 is 39.0 Å². The van der Waals surface area contributed by atoms with E-state index in [4.69, 9.17) is 4.74 Å². The number of halogens is 2. The second-order valence-corrected chi connectivity index (χ2v) is 13.4. The van der Waals surface area contributed by atoms with Gasteiger partial charge in [0.05, 0.1) is 16.6 Å². The molecule has 1 saturated heterocycles. The van der Waals surface area contributed by atoms with E-state index in [1.54, 1.807) is 18.2 Å². The molecule has 5 aromatic rings. The summed E-state index contributed by atoms with van der Waals surface area (Å²) in [5, 5.41) is 4.46. The molecular formula is C32H21BrFN3O5S2. The third-order valence-corrected chi connectivity index (χ3v) is 10.5. The third kappa shape index (κ3) is 5.02. The summed E-state index contributed by atoms with van der Waals surface area (Å²) in [6.07, 6.45) is 0. The van der Waals surface area contributed by atoms with Crippen LogP contribution in [-0.2, 0) is 14.4 Å². The number of nitrogens with zero attached hydrogens (tertiary/aromatic N) is 1. The SMILES string of the molecule is O=C(COc1ccc(Br)cc1[C@@H]1c2sc(=O)[nH]c2S[C@H]2C(=O)N(c3ccc(F)cc3)C(=O)[C@@H]12)Nc1cccc2ccccc12. The van der Waals surface area contributed by atoms with E-state index < -0.39 is 34.7 Å². The number of nitrogens with one attached hydrogen (secondary N) is 2. The minimum Gasteiger partial charge on any atom is -0.483 e. The van der Waals surface area contributed by atoms with Crippen LogP contribution in [0.15, 0.2) is 99.2 Å². The minimum atomic E-state index is -0.877. The number of ether oxygens (including phenoxy) is 1. The van der Waals surface area contributed by atoms with E-state index in [1.807, 2.05) is 42.5 Å². The van der Waals surface area contributed by atoms with Gasteiger partial charge >= 0.3 is 4.87 Å². The van der Waals surface area contributed by atoms with Crippen molar-refractivity contribution in [1.29, 1.82) is 0 Å². The summed E-state index contributed by atoms with van der Waals surface area (Å²) in [5.74, 6) is -3.05. The van der Waals surface area contributed by atoms with Gasteiger partial charge in [0.15, 0.2) is 6.61 Å². The van der Waals surface area contributed by atoms with Gasteiger partial charge in [0.1, 0.15) is 16.8 Å². The Kier molecular flexibility index (Phi) is 7.35. The number of anilines is 2. The Labute approximate surface area is 266 Å². The number of carbonyl (C=O) groups excluding carboxylic acids is 3. The van der Waals surface area contributed by atoms with Crippen molar-refractivity contribution in [2.24, 2.45) is 5.92 Å². The number of thiazole rings is 1. The Morgan fingerprint density at radius 2 is 1.75 bits per heavy atom. The number of carbonyl (C=O) groups is 3. The van der Waals surface area contributed by atoms with E-state index in [0.717, 1.165) is 38.8 Å². The van der Waals surface area contributed by atoms with Gasteiger partial charge < -0.3 is 15.0 Å². The molecule has 2 aliphatic heterocycles. The topological polar surface area (TPSA) is 109 Å². The molecule has 0 aliphatic carbocycles. The fourth-order valence-corrected chi connectivity index (χ4v) is 8.64. The Balaban J connectivity index is 1.23. The van der Waals surface area contributed by atoms with Crippen LogP contribution in [0.2, 0.25) is 0 Å². The number of amides is 3. The molecule has 3 atom stereocenters. The highest BCUT2D eigenvalue weighted by Gasteiger charge is 2.56. The Morgan fingerprint density at radius 3 is 2.57 bits per heavy atom. The van der Waals surface area contributed by atoms with Gasteiger partial charge in [0.25, 0.3) is 5.91 Å². The van der Waals surface area contributed by atoms with Crippen molar-refractivity contribution in [2.75, 3.05) is 16.8 Å². The lowest BCUT2D eigenvalue weighted by molar-refractivity contribution is -0.122. The van der Waals surface area contributed by atoms with E-state index in [9.17, 15) is 23.6 Å². The van der Waals surface area contributed by atoms with Crippen molar-refractivity contribution in [1.82, 2.24) is 4.98 Å². The highest BCUT2D eigenvalue weighted by Crippen LogP contribution is 2.54. The van der Waals surface area contributed by atoms with E-state index >= 15 is 0 Å². The van der Waals surface area contributed by atoms with Gasteiger partial charge in [-0.15, -0.1) is 0 Å². The van der Waals surface area contributed by atoms with E-state index in [1.165, 1.54) is 24.3 Å². The number of benzene rings is 4. The molecule has 1 aromatic heterocycles. The largest absolute Gasteiger partial charge is 0.483 e. The normalized spacial score (nSPS) is 19.1. The predicted molar refractivity (Wildman–Crippen MR) is 171 cm³/mol. The molecule has 3 amide bonds. The summed E-state index contributed by atoms with van der Waals surface area (Å²) in [4.78, 5) is 57.4. The number of imide groups is 1. The van der Waals surface area contributed by atoms with Gasteiger partial charge in [0.2, 0.25) is 11.8 Å². The minimum absolute atomic E-state index is 0.267. The maximum absolute atomic E-state index is 14.0. The van der Waals surface area contributed by atoms with E-state index in [-0.39, 0.29) is 23.1 Å². The van der Waals surface area contributed by atoms with Gasteiger partial charge in [-0.05, 0) is 53.9 Å². The summed E-state index contributed by atoms with van der Waals surface area (Å²) < 4.78 is 20.4. The van der Waals surface area contributed by atoms with Crippen molar-refractivity contribution >= 4 is 78.9 Å². The fourth-order valence-electron chi connectivity index (χ4n) is 5.75. The van der Waals surface area contributed by atoms with Crippen LogP contribution < -0.4 is 19.8 Å². The first-order valence-corrected chi connectivity index (χ1v) is 16.0. The van der Waals surface area contributed by atoms with Crippen molar-refractivity contribution < 1.29 is 23.5 Å². The molecule has 220 valence electrons. The highest BCUT2D eigenvalue weighted by molar-refractivity contribution is 9.10. The van der Waals surface area contributed by atoms with Gasteiger partial charge in [-0.3, -0.25) is 19.2 Å². The Bertz CT molecular complexity index is 2020. The smallest absolute Gasteiger partial charge is 0.305 e. The quantitative estimate of drug-likeness (QED) is 0.203. The molecule has 4 aromatic carbocycles. The molecule has 2 N–H and O–H groups in total. The van der Waals surface area contributed by atoms with Crippen LogP contribution in [0.25, 0.3) is 10.8 Å². The van der Waals surface area contributed by atoms with Gasteiger partial charge in [-0.2, -0.15) is 0 Å². The van der Waals surface area contributed by atoms with Crippen molar-refractivity contribution in [2.45, 2.75) is 16.2 Å². The molecule has 8 nitrogen and oxygen atoms in total. The zero-order valence-corrected chi connectivity index (χ0v) is 25.8. The molecule has 44 heavy (non-hydrogen) atoms. The molecule has 1 fully saturated rings. The number of aromatic amines is 1. The molecule has 0 unspecified atom stereocenters. The average molecular weight is 691 g/mol. The Hall–Kier alpha value is -4.26. The van der Waals surface area contributed by atoms with Crippen molar-refractivity contribution in [3.05, 3.63) is 115 Å². The molecule has 12 heteroatoms. The van der Waals surface area contributed by atoms with Gasteiger partial charge in [-0.1, -0.05) is 75.4 Å². The van der Waals surface area contributed by atoms with Gasteiger partial charge in [-0.25, -0.2) is 9.29 Å². The average Bonchev–Trinajstić information content (AvgIpc) is 3.51. The summed E-state index contributed by atoms with van der Waals surface area (Å²) in [6, 6.07) is 23.7. The second-order valence-electron chi connectivity index (χ2n) is 10.3. The number of hydrogen-bond donors (Lipinski definition) is 2. The Morgan fingerprint density at radius 1 is 0.977 bits per heavy atom. The number of hydrogen-bond acceptors (Lipinski definition) is 7. The lowest BCUT2D eigenvalue weighted by atomic mass is 9.82. The number of thioether (sulfide) groups is 1. The second kappa shape index (κ2) is 11.3. The fraction of sp³-hybridized carbons (Fsp3) is 0.125. The number of H-pyrrole nitrogens is 1. The van der Waals surface area contributed by atoms with Crippen molar-refractivity contribution in [3.8, 4) is 5.75 Å². The monoisotopic (exact) mass is 689 g/mol. The number of fused-ring (bicyclic) bond motifs is 3. The van der Waals surface area contributed by atoms with Crippen molar-refractivity contribution in [3.63, 3.8) is 0 Å². The first-order valence-electron chi connectivity index (χ1n) is 13.5. The summed E-state index contributed by atoms with van der Waals surface area (Å²) in [6.45, 7) is -0.321. The molecule has 0 spiro atoms. The molecular weight excluding hydrogens is 669 g/mol. The molecule has 3 heterocycles. The first kappa shape index (κ1) is 28.5. The molecule has 0 radical (unpaired) electrons. The third-order valence-electron chi connectivity index (χ3n) is 7.64. The summed E-state index contributed by atoms with van der Waals surface area (Å²) >= 11 is 5.62. The molecule has 0 bridgehead atoms. The van der Waals surface area contributed by atoms with Crippen LogP contribution in [-0.4, -0.2) is 34.6 Å². The predicted octanol–water partition coefficient (Wildman–Crippen LogP) is 6.30. The maximum atomic E-state index is 14.0. The van der Waals surface area contributed by atoms with Crippen LogP contribution in [0.1, 0.15) is 16.4 Å². The summed E-state index contributed by atoms with van der Waals surface area (Å²) in [5.41, 5.74) is 1.46.